The van der Waals surface area contributed by atoms with Gasteiger partial charge in [-0.2, -0.15) is 0 Å². The van der Waals surface area contributed by atoms with Crippen molar-refractivity contribution in [2.75, 3.05) is 0 Å². The number of carbonyl (C=O) groups excluding carboxylic acids is 2. The topological polar surface area (TPSA) is 68.3 Å². The second-order valence-electron chi connectivity index (χ2n) is 7.22. The van der Waals surface area contributed by atoms with Gasteiger partial charge in [0, 0.05) is 6.42 Å². The smallest absolute Gasteiger partial charge is 0.185 e. The van der Waals surface area contributed by atoms with E-state index >= 15 is 0 Å². The zero-order chi connectivity index (χ0) is 18.8. The van der Waals surface area contributed by atoms with Gasteiger partial charge in [-0.1, -0.05) is 37.6 Å². The molecule has 0 saturated heterocycles. The molecule has 5 heteroatoms. The Bertz CT molecular complexity index is 843. The van der Waals surface area contributed by atoms with E-state index in [-0.39, 0.29) is 17.1 Å². The summed E-state index contributed by atoms with van der Waals surface area (Å²) >= 11 is 0. The third-order valence-electron chi connectivity index (χ3n) is 4.78. The monoisotopic (exact) mass is 360 g/mol. The van der Waals surface area contributed by atoms with E-state index in [2.05, 4.69) is 0 Å². The molecule has 0 amide bonds. The Labute approximate surface area is 149 Å². The summed E-state index contributed by atoms with van der Waals surface area (Å²) in [5.74, 6) is -0.00900. The van der Waals surface area contributed by atoms with Gasteiger partial charge in [-0.3, -0.25) is 9.59 Å². The molecule has 1 aromatic rings. The molecule has 0 saturated carbocycles. The highest BCUT2D eigenvalue weighted by molar-refractivity contribution is 7.92. The van der Waals surface area contributed by atoms with Crippen molar-refractivity contribution in [3.63, 3.8) is 0 Å². The van der Waals surface area contributed by atoms with Gasteiger partial charge in [0.1, 0.15) is 6.29 Å². The first-order valence-corrected chi connectivity index (χ1v) is 9.80. The molecule has 0 heterocycles. The van der Waals surface area contributed by atoms with Crippen LogP contribution in [-0.2, 0) is 19.4 Å². The van der Waals surface area contributed by atoms with Gasteiger partial charge in [-0.25, -0.2) is 8.42 Å². The van der Waals surface area contributed by atoms with Gasteiger partial charge < -0.3 is 0 Å². The number of hydrogen-bond acceptors (Lipinski definition) is 4. The molecule has 0 aromatic heterocycles. The summed E-state index contributed by atoms with van der Waals surface area (Å²) in [6.07, 6.45) is 2.55. The molecule has 2 rings (SSSR count). The van der Waals surface area contributed by atoms with Crippen LogP contribution in [0.1, 0.15) is 40.5 Å². The molecule has 0 aliphatic heterocycles. The van der Waals surface area contributed by atoms with Crippen molar-refractivity contribution in [3.05, 3.63) is 53.1 Å². The minimum absolute atomic E-state index is 0.00900. The number of rotatable bonds is 6. The molecule has 0 spiro atoms. The maximum Gasteiger partial charge on any atom is 0.185 e. The first kappa shape index (κ1) is 19.3. The van der Waals surface area contributed by atoms with Crippen LogP contribution in [0.25, 0.3) is 0 Å². The fourth-order valence-corrected chi connectivity index (χ4v) is 5.74. The number of carbonyl (C=O) groups is 2. The van der Waals surface area contributed by atoms with E-state index in [4.69, 9.17) is 0 Å². The Morgan fingerprint density at radius 1 is 1.24 bits per heavy atom. The van der Waals surface area contributed by atoms with E-state index < -0.39 is 20.5 Å². The lowest BCUT2D eigenvalue weighted by molar-refractivity contribution is -0.115. The highest BCUT2D eigenvalue weighted by Crippen LogP contribution is 2.46. The summed E-state index contributed by atoms with van der Waals surface area (Å²) in [5, 5.41) is -0.854. The summed E-state index contributed by atoms with van der Waals surface area (Å²) in [7, 11) is -3.69. The van der Waals surface area contributed by atoms with Crippen molar-refractivity contribution >= 4 is 21.9 Å². The first-order valence-electron chi connectivity index (χ1n) is 8.25. The Hall–Kier alpha value is -2.01. The molecule has 25 heavy (non-hydrogen) atoms. The zero-order valence-electron chi connectivity index (χ0n) is 15.1. The van der Waals surface area contributed by atoms with Crippen LogP contribution in [0.3, 0.4) is 0 Å². The molecule has 134 valence electrons. The fourth-order valence-electron chi connectivity index (χ4n) is 3.58. The predicted molar refractivity (Wildman–Crippen MR) is 98.0 cm³/mol. The molecule has 1 unspecified atom stereocenters. The van der Waals surface area contributed by atoms with Crippen LogP contribution in [0.5, 0.6) is 0 Å². The van der Waals surface area contributed by atoms with Gasteiger partial charge in [0.25, 0.3) is 0 Å². The number of ketones is 1. The third kappa shape index (κ3) is 3.82. The van der Waals surface area contributed by atoms with Crippen molar-refractivity contribution < 1.29 is 18.0 Å². The maximum absolute atomic E-state index is 13.3. The molecule has 0 bridgehead atoms. The van der Waals surface area contributed by atoms with Crippen molar-refractivity contribution in [2.24, 2.45) is 5.41 Å². The average Bonchev–Trinajstić information content (AvgIpc) is 2.74. The van der Waals surface area contributed by atoms with Crippen LogP contribution in [0, 0.1) is 5.41 Å². The molecule has 0 N–H and O–H groups in total. The molecule has 1 aliphatic carbocycles. The second kappa shape index (κ2) is 7.08. The third-order valence-corrected chi connectivity index (χ3v) is 6.86. The highest BCUT2D eigenvalue weighted by atomic mass is 32.2. The molecule has 1 aliphatic rings. The number of Topliss-reactive ketones (excluding diaryl/α,β-unsaturated/α-hetero) is 1. The van der Waals surface area contributed by atoms with Crippen molar-refractivity contribution in [1.29, 1.82) is 0 Å². The SMILES string of the molecule is CC(=CC=O)CC(C1=C(C)C(=O)CC1(C)C)S(=O)(=O)c1ccccc1. The summed E-state index contributed by atoms with van der Waals surface area (Å²) < 4.78 is 26.7. The minimum atomic E-state index is -3.69. The van der Waals surface area contributed by atoms with Crippen molar-refractivity contribution in [3.8, 4) is 0 Å². The summed E-state index contributed by atoms with van der Waals surface area (Å²) in [6.45, 7) is 7.26. The van der Waals surface area contributed by atoms with Gasteiger partial charge in [0.05, 0.1) is 10.1 Å². The predicted octanol–water partition coefficient (Wildman–Crippen LogP) is 3.68. The molecule has 1 atom stereocenters. The van der Waals surface area contributed by atoms with E-state index in [1.165, 1.54) is 6.08 Å². The van der Waals surface area contributed by atoms with Gasteiger partial charge in [-0.15, -0.1) is 0 Å². The van der Waals surface area contributed by atoms with Crippen LogP contribution in [0.15, 0.2) is 58.0 Å². The van der Waals surface area contributed by atoms with Crippen LogP contribution >= 0.6 is 0 Å². The van der Waals surface area contributed by atoms with Gasteiger partial charge in [0.2, 0.25) is 0 Å². The lowest BCUT2D eigenvalue weighted by Crippen LogP contribution is -2.30. The lowest BCUT2D eigenvalue weighted by Gasteiger charge is -2.30. The number of aldehydes is 1. The fraction of sp³-hybridized carbons (Fsp3) is 0.400. The van der Waals surface area contributed by atoms with E-state index in [9.17, 15) is 18.0 Å². The second-order valence-corrected chi connectivity index (χ2v) is 9.35. The molecule has 4 nitrogen and oxygen atoms in total. The Balaban J connectivity index is 2.65. The number of sulfone groups is 1. The van der Waals surface area contributed by atoms with Gasteiger partial charge in [0.15, 0.2) is 15.6 Å². The quantitative estimate of drug-likeness (QED) is 0.573. The Kier molecular flexibility index (Phi) is 5.47. The summed E-state index contributed by atoms with van der Waals surface area (Å²) in [6, 6.07) is 8.27. The Morgan fingerprint density at radius 2 is 1.84 bits per heavy atom. The highest BCUT2D eigenvalue weighted by Gasteiger charge is 2.44. The largest absolute Gasteiger partial charge is 0.299 e. The maximum atomic E-state index is 13.3. The van der Waals surface area contributed by atoms with Gasteiger partial charge >= 0.3 is 0 Å². The molecule has 1 aromatic carbocycles. The van der Waals surface area contributed by atoms with Crippen LogP contribution in [0.2, 0.25) is 0 Å². The lowest BCUT2D eigenvalue weighted by atomic mass is 9.82. The summed E-state index contributed by atoms with van der Waals surface area (Å²) in [5.41, 5.74) is 1.36. The van der Waals surface area contributed by atoms with Crippen molar-refractivity contribution in [1.82, 2.24) is 0 Å². The number of hydrogen-bond donors (Lipinski definition) is 0. The molecule has 0 fully saturated rings. The zero-order valence-corrected chi connectivity index (χ0v) is 15.9. The van der Waals surface area contributed by atoms with E-state index in [0.717, 1.165) is 0 Å². The summed E-state index contributed by atoms with van der Waals surface area (Å²) in [4.78, 5) is 23.3. The van der Waals surface area contributed by atoms with Crippen LogP contribution < -0.4 is 0 Å². The average molecular weight is 360 g/mol. The first-order chi connectivity index (χ1) is 11.6. The van der Waals surface area contributed by atoms with E-state index in [1.54, 1.807) is 44.2 Å². The standard InChI is InChI=1S/C20H24O4S/c1-14(10-11-21)12-18(19-15(2)17(22)13-20(19,3)4)25(23,24)16-8-6-5-7-9-16/h5-11,18H,12-13H2,1-4H3. The normalized spacial score (nSPS) is 19.2. The minimum Gasteiger partial charge on any atom is -0.299 e. The number of allylic oxidation sites excluding steroid dienone is 3. The van der Waals surface area contributed by atoms with Gasteiger partial charge in [-0.05, 0) is 55.0 Å². The molecular weight excluding hydrogens is 336 g/mol. The van der Waals surface area contributed by atoms with Crippen LogP contribution in [-0.4, -0.2) is 25.7 Å². The molecule has 0 radical (unpaired) electrons. The van der Waals surface area contributed by atoms with Crippen LogP contribution in [0.4, 0.5) is 0 Å². The van der Waals surface area contributed by atoms with E-state index in [1.807, 2.05) is 13.8 Å². The molecular formula is C20H24O4S. The van der Waals surface area contributed by atoms with E-state index in [0.29, 0.717) is 29.4 Å². The van der Waals surface area contributed by atoms with Crippen molar-refractivity contribution in [2.45, 2.75) is 50.7 Å². The Morgan fingerprint density at radius 3 is 2.32 bits per heavy atom. The number of benzene rings is 1.